The quantitative estimate of drug-likeness (QED) is 0.407. The van der Waals surface area contributed by atoms with Crippen molar-refractivity contribution in [3.05, 3.63) is 40.4 Å². The number of carboxylic acids is 1. The average molecular weight is 663 g/mol. The number of rotatable bonds is 4. The molecule has 45 heavy (non-hydrogen) atoms. The van der Waals surface area contributed by atoms with E-state index in [1.54, 1.807) is 39.0 Å². The lowest BCUT2D eigenvalue weighted by Gasteiger charge is -2.30. The fourth-order valence-electron chi connectivity index (χ4n) is 5.83. The maximum absolute atomic E-state index is 14.1. The number of nitrogens with one attached hydrogen (secondary N) is 2. The second-order valence-electron chi connectivity index (χ2n) is 12.8. The van der Waals surface area contributed by atoms with E-state index >= 15 is 0 Å². The van der Waals surface area contributed by atoms with E-state index in [-0.39, 0.29) is 31.1 Å². The Hall–Kier alpha value is -3.71. The van der Waals surface area contributed by atoms with Crippen LogP contribution in [0.4, 0.5) is 4.79 Å². The van der Waals surface area contributed by atoms with Crippen LogP contribution in [0.25, 0.3) is 11.4 Å². The summed E-state index contributed by atoms with van der Waals surface area (Å²) in [6, 6.07) is 2.35. The van der Waals surface area contributed by atoms with E-state index in [1.165, 1.54) is 9.70 Å². The first-order valence-electron chi connectivity index (χ1n) is 15.0. The predicted molar refractivity (Wildman–Crippen MR) is 164 cm³/mol. The number of carboxylic acid groups (broad SMARTS) is 1. The summed E-state index contributed by atoms with van der Waals surface area (Å²) in [5, 5.41) is 29.0. The summed E-state index contributed by atoms with van der Waals surface area (Å²) >= 11 is 12.2. The van der Waals surface area contributed by atoms with Gasteiger partial charge in [0.15, 0.2) is 0 Å². The van der Waals surface area contributed by atoms with Crippen LogP contribution < -0.4 is 10.6 Å². The molecule has 1 saturated carbocycles. The molecular formula is C30H37Cl2N7O6. The van der Waals surface area contributed by atoms with Crippen molar-refractivity contribution in [2.24, 2.45) is 5.92 Å². The van der Waals surface area contributed by atoms with Gasteiger partial charge in [-0.1, -0.05) is 48.2 Å². The van der Waals surface area contributed by atoms with Crippen molar-refractivity contribution in [1.82, 2.24) is 35.7 Å². The lowest BCUT2D eigenvalue weighted by atomic mass is 10.0. The number of halogens is 2. The molecule has 2 aliphatic heterocycles. The van der Waals surface area contributed by atoms with Gasteiger partial charge in [0.2, 0.25) is 17.6 Å². The number of fused-ring (bicyclic) bond motifs is 2. The minimum atomic E-state index is -1.44. The Morgan fingerprint density at radius 1 is 1.16 bits per heavy atom. The summed E-state index contributed by atoms with van der Waals surface area (Å²) in [6.07, 6.45) is 6.76. The zero-order valence-electron chi connectivity index (χ0n) is 25.3. The molecule has 1 aliphatic carbocycles. The van der Waals surface area contributed by atoms with Gasteiger partial charge in [-0.2, -0.15) is 4.80 Å². The Morgan fingerprint density at radius 2 is 1.93 bits per heavy atom. The van der Waals surface area contributed by atoms with E-state index in [2.05, 4.69) is 26.0 Å². The fraction of sp³-hybridized carbons (Fsp3) is 0.567. The first-order chi connectivity index (χ1) is 21.3. The number of alkyl carbamates (subject to hydrolysis) is 1. The number of allylic oxidation sites excluding steroid dienone is 1. The molecule has 3 aliphatic rings. The molecule has 3 amide bonds. The second-order valence-corrected chi connectivity index (χ2v) is 13.6. The van der Waals surface area contributed by atoms with Gasteiger partial charge in [-0.15, -0.1) is 10.2 Å². The molecule has 3 N–H and O–H groups in total. The second kappa shape index (κ2) is 13.0. The summed E-state index contributed by atoms with van der Waals surface area (Å²) in [5.41, 5.74) is -1.64. The summed E-state index contributed by atoms with van der Waals surface area (Å²) in [5.74, 6) is -2.28. The van der Waals surface area contributed by atoms with Gasteiger partial charge < -0.3 is 25.4 Å². The Balaban J connectivity index is 1.45. The zero-order chi connectivity index (χ0) is 32.5. The van der Waals surface area contributed by atoms with E-state index < -0.39 is 53.1 Å². The Labute approximate surface area is 270 Å². The van der Waals surface area contributed by atoms with Crippen molar-refractivity contribution >= 4 is 47.1 Å². The molecule has 0 bridgehead atoms. The maximum atomic E-state index is 14.1. The van der Waals surface area contributed by atoms with E-state index in [0.717, 1.165) is 19.3 Å². The van der Waals surface area contributed by atoms with Crippen molar-refractivity contribution in [2.75, 3.05) is 6.54 Å². The number of aromatic nitrogens is 4. The normalized spacial score (nSPS) is 28.2. The molecule has 15 heteroatoms. The number of aliphatic carboxylic acids is 1. The Morgan fingerprint density at radius 3 is 2.64 bits per heavy atom. The molecule has 2 aromatic rings. The third-order valence-electron chi connectivity index (χ3n) is 8.26. The highest BCUT2D eigenvalue weighted by molar-refractivity contribution is 6.42. The lowest BCUT2D eigenvalue weighted by molar-refractivity contribution is -0.145. The molecule has 5 atom stereocenters. The minimum Gasteiger partial charge on any atom is -0.479 e. The van der Waals surface area contributed by atoms with Crippen LogP contribution in [0.5, 0.6) is 0 Å². The number of nitrogens with zero attached hydrogens (tertiary/aromatic N) is 5. The number of carbonyl (C=O) groups is 4. The predicted octanol–water partition coefficient (Wildman–Crippen LogP) is 4.16. The van der Waals surface area contributed by atoms with Gasteiger partial charge in [-0.3, -0.25) is 9.59 Å². The largest absolute Gasteiger partial charge is 0.479 e. The monoisotopic (exact) mass is 661 g/mol. The van der Waals surface area contributed by atoms with Crippen molar-refractivity contribution < 1.29 is 29.0 Å². The van der Waals surface area contributed by atoms with E-state index in [0.29, 0.717) is 28.5 Å². The topological polar surface area (TPSA) is 169 Å². The SMILES string of the molecule is CC(C)(C)OC(=O)N[C@@H]1CCCCC/C=C\[C@@H]2C[C@]2(C(=O)O)NC(=O)[C@@H]2C[C@H](n3nnc(-c4ccc(Cl)c(Cl)c4)n3)CN2C1=O. The molecule has 0 spiro atoms. The molecule has 5 rings (SSSR count). The number of carbonyl (C=O) groups excluding carboxylic acids is 3. The molecule has 1 aromatic heterocycles. The molecule has 13 nitrogen and oxygen atoms in total. The summed E-state index contributed by atoms with van der Waals surface area (Å²) < 4.78 is 5.43. The Kier molecular flexibility index (Phi) is 9.41. The van der Waals surface area contributed by atoms with Gasteiger partial charge in [0, 0.05) is 24.4 Å². The molecular weight excluding hydrogens is 625 g/mol. The highest BCUT2D eigenvalue weighted by atomic mass is 35.5. The number of hydrogen-bond acceptors (Lipinski definition) is 8. The van der Waals surface area contributed by atoms with Gasteiger partial charge >= 0.3 is 12.1 Å². The van der Waals surface area contributed by atoms with Crippen molar-refractivity contribution in [3.63, 3.8) is 0 Å². The van der Waals surface area contributed by atoms with E-state index in [1.807, 2.05) is 12.2 Å². The van der Waals surface area contributed by atoms with E-state index in [4.69, 9.17) is 27.9 Å². The van der Waals surface area contributed by atoms with Gasteiger partial charge in [-0.05, 0) is 69.9 Å². The number of benzene rings is 1. The van der Waals surface area contributed by atoms with Gasteiger partial charge in [-0.25, -0.2) is 9.59 Å². The summed E-state index contributed by atoms with van der Waals surface area (Å²) in [7, 11) is 0. The van der Waals surface area contributed by atoms with Gasteiger partial charge in [0.1, 0.15) is 23.2 Å². The van der Waals surface area contributed by atoms with Crippen LogP contribution in [0.3, 0.4) is 0 Å². The number of tetrazole rings is 1. The third kappa shape index (κ3) is 7.41. The highest BCUT2D eigenvalue weighted by Crippen LogP contribution is 2.45. The third-order valence-corrected chi connectivity index (χ3v) is 9.00. The highest BCUT2D eigenvalue weighted by Gasteiger charge is 2.61. The standard InChI is InChI=1S/C30H37Cl2N7O6/c1-29(2,3)45-28(44)33-22-10-8-6-4-5-7-9-18-15-30(18,27(42)43)34-25(40)23-14-19(16-38(23)26(22)41)39-36-24(35-37-39)17-11-12-20(31)21(32)13-17/h7,9,11-13,18-19,22-23H,4-6,8,10,14-16H2,1-3H3,(H,33,44)(H,34,40)(H,42,43)/b9-7-/t18-,19+,22-,23+,30+/m1/s1. The summed E-state index contributed by atoms with van der Waals surface area (Å²) in [4.78, 5) is 55.8. The lowest BCUT2D eigenvalue weighted by Crippen LogP contribution is -2.56. The van der Waals surface area contributed by atoms with Crippen LogP contribution in [-0.4, -0.2) is 83.9 Å². The van der Waals surface area contributed by atoms with Crippen LogP contribution in [0.1, 0.15) is 71.8 Å². The number of hydrogen-bond donors (Lipinski definition) is 3. The molecule has 0 unspecified atom stereocenters. The van der Waals surface area contributed by atoms with Crippen molar-refractivity contribution in [1.29, 1.82) is 0 Å². The average Bonchev–Trinajstić information content (AvgIpc) is 3.28. The summed E-state index contributed by atoms with van der Waals surface area (Å²) in [6.45, 7) is 5.21. The Bertz CT molecular complexity index is 1510. The smallest absolute Gasteiger partial charge is 0.408 e. The molecule has 242 valence electrons. The molecule has 1 saturated heterocycles. The van der Waals surface area contributed by atoms with Crippen LogP contribution in [0.2, 0.25) is 10.0 Å². The molecule has 3 heterocycles. The van der Waals surface area contributed by atoms with Crippen LogP contribution in [-0.2, 0) is 19.1 Å². The fourth-order valence-corrected chi connectivity index (χ4v) is 6.12. The zero-order valence-corrected chi connectivity index (χ0v) is 26.8. The number of amides is 3. The number of ether oxygens (including phenoxy) is 1. The van der Waals surface area contributed by atoms with Crippen molar-refractivity contribution in [3.8, 4) is 11.4 Å². The van der Waals surface area contributed by atoms with Crippen LogP contribution >= 0.6 is 23.2 Å². The molecule has 1 aromatic carbocycles. The first kappa shape index (κ1) is 32.7. The maximum Gasteiger partial charge on any atom is 0.408 e. The van der Waals surface area contributed by atoms with Gasteiger partial charge in [0.05, 0.1) is 16.1 Å². The van der Waals surface area contributed by atoms with E-state index in [9.17, 15) is 24.3 Å². The van der Waals surface area contributed by atoms with Crippen LogP contribution in [0.15, 0.2) is 30.4 Å². The minimum absolute atomic E-state index is 0.0317. The van der Waals surface area contributed by atoms with Crippen molar-refractivity contribution in [2.45, 2.75) is 95.0 Å². The molecule has 0 radical (unpaired) electrons. The van der Waals surface area contributed by atoms with Crippen LogP contribution in [0, 0.1) is 5.92 Å². The first-order valence-corrected chi connectivity index (χ1v) is 15.8. The molecule has 2 fully saturated rings. The van der Waals surface area contributed by atoms with Gasteiger partial charge in [0.25, 0.3) is 0 Å².